The molecule has 1 aromatic rings. The van der Waals surface area contributed by atoms with Gasteiger partial charge in [0.2, 0.25) is 11.4 Å². The monoisotopic (exact) mass is 378 g/mol. The summed E-state index contributed by atoms with van der Waals surface area (Å²) in [5.41, 5.74) is -1.07. The maximum atomic E-state index is 13.6. The fourth-order valence-corrected chi connectivity index (χ4v) is 3.34. The maximum Gasteiger partial charge on any atom is 0.232 e. The molecular weight excluding hydrogens is 362 g/mol. The van der Waals surface area contributed by atoms with Crippen LogP contribution in [0.5, 0.6) is 0 Å². The number of nitrogens with zero attached hydrogens (tertiary/aromatic N) is 2. The van der Waals surface area contributed by atoms with Crippen LogP contribution in [0.4, 0.5) is 8.78 Å². The van der Waals surface area contributed by atoms with Crippen molar-refractivity contribution in [3.63, 3.8) is 0 Å². The lowest BCUT2D eigenvalue weighted by Crippen LogP contribution is -2.43. The molecule has 0 spiro atoms. The van der Waals surface area contributed by atoms with E-state index in [9.17, 15) is 17.2 Å². The second-order valence-corrected chi connectivity index (χ2v) is 8.12. The van der Waals surface area contributed by atoms with E-state index >= 15 is 0 Å². The summed E-state index contributed by atoms with van der Waals surface area (Å²) >= 11 is 6.08. The number of hydrogen-bond acceptors (Lipinski definition) is 5. The molecule has 5 nitrogen and oxygen atoms in total. The fourth-order valence-electron chi connectivity index (χ4n) is 2.09. The first-order valence-electron chi connectivity index (χ1n) is 7.08. The molecule has 1 atom stereocenters. The van der Waals surface area contributed by atoms with Crippen LogP contribution in [0.3, 0.4) is 0 Å². The molecule has 0 saturated carbocycles. The highest BCUT2D eigenvalue weighted by atomic mass is 35.5. The number of hydrogen-bond donors (Lipinski definition) is 0. The van der Waals surface area contributed by atoms with Gasteiger partial charge in [-0.2, -0.15) is 0 Å². The van der Waals surface area contributed by atoms with E-state index in [-0.39, 0.29) is 29.1 Å². The zero-order valence-corrected chi connectivity index (χ0v) is 14.9. The Labute approximate surface area is 144 Å². The zero-order chi connectivity index (χ0) is 18.1. The van der Waals surface area contributed by atoms with Crippen molar-refractivity contribution in [1.29, 1.82) is 0 Å². The molecule has 1 aliphatic rings. The van der Waals surface area contributed by atoms with Gasteiger partial charge in [-0.15, -0.1) is 0 Å². The minimum Gasteiger partial charge on any atom is -0.472 e. The predicted molar refractivity (Wildman–Crippen MR) is 88.1 cm³/mol. The number of benzene rings is 1. The molecule has 24 heavy (non-hydrogen) atoms. The van der Waals surface area contributed by atoms with Crippen molar-refractivity contribution in [3.05, 3.63) is 46.6 Å². The van der Waals surface area contributed by atoms with Gasteiger partial charge in [0, 0.05) is 30.1 Å². The second-order valence-electron chi connectivity index (χ2n) is 5.63. The zero-order valence-electron chi connectivity index (χ0n) is 13.3. The molecule has 0 radical (unpaired) electrons. The molecule has 0 aliphatic carbocycles. The predicted octanol–water partition coefficient (Wildman–Crippen LogP) is 3.01. The van der Waals surface area contributed by atoms with Crippen molar-refractivity contribution in [3.8, 4) is 0 Å². The minimum atomic E-state index is -3.54. The Bertz CT molecular complexity index is 794. The molecule has 0 amide bonds. The van der Waals surface area contributed by atoms with E-state index in [2.05, 4.69) is 4.99 Å². The molecule has 1 aliphatic heterocycles. The van der Waals surface area contributed by atoms with Gasteiger partial charge in [0.25, 0.3) is 0 Å². The number of ether oxygens (including phenoxy) is 1. The van der Waals surface area contributed by atoms with Crippen LogP contribution in [-0.2, 0) is 21.2 Å². The summed E-state index contributed by atoms with van der Waals surface area (Å²) < 4.78 is 55.8. The van der Waals surface area contributed by atoms with E-state index in [1.165, 1.54) is 17.2 Å². The van der Waals surface area contributed by atoms with Crippen molar-refractivity contribution in [2.75, 3.05) is 6.26 Å². The van der Waals surface area contributed by atoms with Crippen LogP contribution in [-0.4, -0.2) is 37.0 Å². The van der Waals surface area contributed by atoms with Gasteiger partial charge in [-0.25, -0.2) is 22.2 Å². The highest BCUT2D eigenvalue weighted by molar-refractivity contribution is 7.91. The third-order valence-electron chi connectivity index (χ3n) is 3.31. The quantitative estimate of drug-likeness (QED) is 0.808. The Morgan fingerprint density at radius 1 is 1.38 bits per heavy atom. The van der Waals surface area contributed by atoms with Crippen molar-refractivity contribution < 1.29 is 21.9 Å². The third-order valence-corrected chi connectivity index (χ3v) is 4.68. The Morgan fingerprint density at radius 2 is 2.04 bits per heavy atom. The van der Waals surface area contributed by atoms with Crippen LogP contribution in [0.25, 0.3) is 0 Å². The maximum absolute atomic E-state index is 13.6. The van der Waals surface area contributed by atoms with Crippen LogP contribution < -0.4 is 0 Å². The SMILES string of the molecule is CC(C)N1C=C(Cl)C(OCc2ccc(F)cc2F)=NC1S(C)(=O)=O. The summed E-state index contributed by atoms with van der Waals surface area (Å²) in [5, 5.41) is 0.103. The van der Waals surface area contributed by atoms with Gasteiger partial charge in [-0.3, -0.25) is 0 Å². The standard InChI is InChI=1S/C15H17ClF2N2O3S/c1-9(2)20-7-12(16)14(19-15(20)24(3,21)22)23-8-10-4-5-11(17)6-13(10)18/h4-7,9,15H,8H2,1-3H3. The van der Waals surface area contributed by atoms with Crippen LogP contribution in [0.15, 0.2) is 34.4 Å². The number of aliphatic imine (C=N–C) groups is 1. The first-order valence-corrected chi connectivity index (χ1v) is 9.41. The van der Waals surface area contributed by atoms with Crippen LogP contribution >= 0.6 is 11.6 Å². The van der Waals surface area contributed by atoms with Crippen LogP contribution in [0.2, 0.25) is 0 Å². The van der Waals surface area contributed by atoms with E-state index in [1.807, 2.05) is 0 Å². The third kappa shape index (κ3) is 4.24. The van der Waals surface area contributed by atoms with E-state index < -0.39 is 27.0 Å². The smallest absolute Gasteiger partial charge is 0.232 e. The molecule has 0 N–H and O–H groups in total. The van der Waals surface area contributed by atoms with Crippen LogP contribution in [0.1, 0.15) is 19.4 Å². The van der Waals surface area contributed by atoms with Gasteiger partial charge in [-0.1, -0.05) is 11.6 Å². The molecule has 132 valence electrons. The van der Waals surface area contributed by atoms with Crippen molar-refractivity contribution in [1.82, 2.24) is 4.90 Å². The van der Waals surface area contributed by atoms with Crippen LogP contribution in [0, 0.1) is 11.6 Å². The molecule has 0 bridgehead atoms. The lowest BCUT2D eigenvalue weighted by atomic mass is 10.2. The highest BCUT2D eigenvalue weighted by Crippen LogP contribution is 2.24. The Kier molecular flexibility index (Phi) is 5.49. The Morgan fingerprint density at radius 3 is 2.58 bits per heavy atom. The fraction of sp³-hybridized carbons (Fsp3) is 0.400. The summed E-state index contributed by atoms with van der Waals surface area (Å²) in [6.45, 7) is 3.34. The summed E-state index contributed by atoms with van der Waals surface area (Å²) in [7, 11) is -3.54. The average molecular weight is 379 g/mol. The second kappa shape index (κ2) is 7.06. The average Bonchev–Trinajstić information content (AvgIpc) is 2.45. The molecule has 1 heterocycles. The number of halogens is 3. The lowest BCUT2D eigenvalue weighted by Gasteiger charge is -2.33. The molecule has 2 rings (SSSR count). The Hall–Kier alpha value is -1.67. The van der Waals surface area contributed by atoms with E-state index in [1.54, 1.807) is 13.8 Å². The van der Waals surface area contributed by atoms with E-state index in [4.69, 9.17) is 16.3 Å². The van der Waals surface area contributed by atoms with Gasteiger partial charge in [-0.05, 0) is 26.0 Å². The topological polar surface area (TPSA) is 59.0 Å². The molecule has 0 fully saturated rings. The first kappa shape index (κ1) is 18.7. The molecular formula is C15H17ClF2N2O3S. The van der Waals surface area contributed by atoms with Crippen molar-refractivity contribution in [2.45, 2.75) is 32.0 Å². The number of sulfone groups is 1. The number of rotatable bonds is 4. The van der Waals surface area contributed by atoms with Crippen molar-refractivity contribution in [2.24, 2.45) is 4.99 Å². The molecule has 9 heteroatoms. The summed E-state index contributed by atoms with van der Waals surface area (Å²) in [4.78, 5) is 5.52. The normalized spacial score (nSPS) is 18.5. The molecule has 1 unspecified atom stereocenters. The molecule has 0 aromatic heterocycles. The first-order chi connectivity index (χ1) is 11.1. The van der Waals surface area contributed by atoms with Gasteiger partial charge in [0.05, 0.1) is 0 Å². The van der Waals surface area contributed by atoms with Gasteiger partial charge < -0.3 is 9.64 Å². The van der Waals surface area contributed by atoms with Gasteiger partial charge >= 0.3 is 0 Å². The lowest BCUT2D eigenvalue weighted by molar-refractivity contribution is 0.251. The largest absolute Gasteiger partial charge is 0.472 e. The Balaban J connectivity index is 2.24. The van der Waals surface area contributed by atoms with Gasteiger partial charge in [0.15, 0.2) is 9.84 Å². The van der Waals surface area contributed by atoms with Crippen molar-refractivity contribution >= 4 is 27.3 Å². The van der Waals surface area contributed by atoms with E-state index in [0.717, 1.165) is 18.4 Å². The van der Waals surface area contributed by atoms with E-state index in [0.29, 0.717) is 0 Å². The molecule has 1 aromatic carbocycles. The summed E-state index contributed by atoms with van der Waals surface area (Å²) in [6.07, 6.45) is 2.49. The molecule has 0 saturated heterocycles. The minimum absolute atomic E-state index is 0.103. The van der Waals surface area contributed by atoms with Gasteiger partial charge in [0.1, 0.15) is 23.3 Å². The summed E-state index contributed by atoms with van der Waals surface area (Å²) in [6, 6.07) is 2.92. The highest BCUT2D eigenvalue weighted by Gasteiger charge is 2.32. The summed E-state index contributed by atoms with van der Waals surface area (Å²) in [5.74, 6) is -1.57.